The maximum atomic E-state index is 12.6. The number of amides is 1. The lowest BCUT2D eigenvalue weighted by Crippen LogP contribution is -2.45. The highest BCUT2D eigenvalue weighted by Crippen LogP contribution is 2.19. The largest absolute Gasteiger partial charge is 0.466 e. The van der Waals surface area contributed by atoms with E-state index in [2.05, 4.69) is 19.2 Å². The quantitative estimate of drug-likeness (QED) is 0.0417. The molecule has 0 aromatic carbocycles. The number of aliphatic hydroxyl groups excluding tert-OH is 2. The van der Waals surface area contributed by atoms with Gasteiger partial charge in [-0.1, -0.05) is 367 Å². The van der Waals surface area contributed by atoms with Crippen LogP contribution < -0.4 is 5.32 Å². The number of hydrogen-bond donors (Lipinski definition) is 3. The van der Waals surface area contributed by atoms with Crippen molar-refractivity contribution in [3.8, 4) is 0 Å². The molecule has 0 heterocycles. The third kappa shape index (κ3) is 61.9. The number of carbonyl (C=O) groups is 2. The van der Waals surface area contributed by atoms with Crippen LogP contribution in [0.5, 0.6) is 0 Å². The molecule has 75 heavy (non-hydrogen) atoms. The summed E-state index contributed by atoms with van der Waals surface area (Å²) in [7, 11) is 0. The Balaban J connectivity index is 3.37. The molecule has 0 spiro atoms. The molecule has 0 saturated heterocycles. The summed E-state index contributed by atoms with van der Waals surface area (Å²) in [6.45, 7) is 5.00. The number of aliphatic hydroxyl groups is 2. The van der Waals surface area contributed by atoms with Crippen LogP contribution in [0.4, 0.5) is 0 Å². The fourth-order valence-electron chi connectivity index (χ4n) is 11.4. The summed E-state index contributed by atoms with van der Waals surface area (Å²) in [4.78, 5) is 24.6. The second-order valence-electron chi connectivity index (χ2n) is 24.2. The molecule has 0 saturated carbocycles. The molecular weight excluding hydrogens is 923 g/mol. The van der Waals surface area contributed by atoms with Crippen molar-refractivity contribution in [3.05, 3.63) is 0 Å². The zero-order chi connectivity index (χ0) is 54.3. The van der Waals surface area contributed by atoms with Gasteiger partial charge in [-0.05, 0) is 25.7 Å². The van der Waals surface area contributed by atoms with Crippen LogP contribution in [0.1, 0.15) is 406 Å². The molecule has 0 radical (unpaired) electrons. The molecule has 0 aliphatic carbocycles. The van der Waals surface area contributed by atoms with Crippen LogP contribution in [-0.4, -0.2) is 47.4 Å². The predicted molar refractivity (Wildman–Crippen MR) is 329 cm³/mol. The standard InChI is InChI=1S/C69H137NO5/c1-3-5-7-9-11-13-15-17-18-19-20-21-22-23-25-28-31-34-38-41-45-49-53-57-61-67(72)66(65-71)70-68(73)62-58-54-50-46-42-39-35-32-29-26-24-27-30-33-36-40-44-48-52-56-60-64-75-69(74)63-59-55-51-47-43-37-16-14-12-10-8-6-4-2/h66-67,71-72H,3-65H2,1-2H3,(H,70,73). The summed E-state index contributed by atoms with van der Waals surface area (Å²) in [5, 5.41) is 23.4. The number of rotatable bonds is 66. The van der Waals surface area contributed by atoms with Gasteiger partial charge in [0.05, 0.1) is 25.4 Å². The Labute approximate surface area is 470 Å². The highest BCUT2D eigenvalue weighted by Gasteiger charge is 2.20. The van der Waals surface area contributed by atoms with Gasteiger partial charge in [-0.15, -0.1) is 0 Å². The van der Waals surface area contributed by atoms with Gasteiger partial charge in [-0.2, -0.15) is 0 Å². The van der Waals surface area contributed by atoms with Crippen molar-refractivity contribution in [2.24, 2.45) is 0 Å². The summed E-state index contributed by atoms with van der Waals surface area (Å²) in [6.07, 6.45) is 78.5. The molecule has 0 aromatic heterocycles. The van der Waals surface area contributed by atoms with Crippen molar-refractivity contribution < 1.29 is 24.5 Å². The van der Waals surface area contributed by atoms with Crippen molar-refractivity contribution in [2.75, 3.05) is 13.2 Å². The van der Waals surface area contributed by atoms with E-state index in [0.29, 0.717) is 25.9 Å². The lowest BCUT2D eigenvalue weighted by atomic mass is 10.0. The Hall–Kier alpha value is -1.14. The Kier molecular flexibility index (Phi) is 64.4. The first-order chi connectivity index (χ1) is 37.0. The maximum absolute atomic E-state index is 12.6. The molecule has 0 rings (SSSR count). The summed E-state index contributed by atoms with van der Waals surface area (Å²) in [5.41, 5.74) is 0. The van der Waals surface area contributed by atoms with E-state index in [4.69, 9.17) is 4.74 Å². The summed E-state index contributed by atoms with van der Waals surface area (Å²) < 4.78 is 5.49. The number of esters is 1. The minimum Gasteiger partial charge on any atom is -0.466 e. The third-order valence-electron chi connectivity index (χ3n) is 16.7. The molecular formula is C69H137NO5. The van der Waals surface area contributed by atoms with E-state index in [1.54, 1.807) is 0 Å². The summed E-state index contributed by atoms with van der Waals surface area (Å²) >= 11 is 0. The molecule has 0 aromatic rings. The van der Waals surface area contributed by atoms with E-state index in [1.807, 2.05) is 0 Å². The Bertz CT molecular complexity index is 1080. The topological polar surface area (TPSA) is 95.9 Å². The van der Waals surface area contributed by atoms with Gasteiger partial charge in [0.15, 0.2) is 0 Å². The molecule has 2 atom stereocenters. The molecule has 0 bridgehead atoms. The SMILES string of the molecule is CCCCCCCCCCCCCCCCCCCCCCCCCCC(O)C(CO)NC(=O)CCCCCCCCCCCCCCCCCCCCCCCOC(=O)CCCCCCCCCCCCCCC. The minimum absolute atomic E-state index is 0.0151. The number of unbranched alkanes of at least 4 members (excludes halogenated alkanes) is 55. The van der Waals surface area contributed by atoms with E-state index in [1.165, 1.54) is 334 Å². The lowest BCUT2D eigenvalue weighted by molar-refractivity contribution is -0.143. The van der Waals surface area contributed by atoms with Gasteiger partial charge in [-0.3, -0.25) is 9.59 Å². The van der Waals surface area contributed by atoms with Gasteiger partial charge in [0, 0.05) is 12.8 Å². The number of ether oxygens (including phenoxy) is 1. The Morgan fingerprint density at radius 1 is 0.320 bits per heavy atom. The van der Waals surface area contributed by atoms with Crippen molar-refractivity contribution >= 4 is 11.9 Å². The highest BCUT2D eigenvalue weighted by atomic mass is 16.5. The summed E-state index contributed by atoms with van der Waals surface area (Å²) in [6, 6.07) is -0.542. The van der Waals surface area contributed by atoms with Gasteiger partial charge in [0.25, 0.3) is 0 Å². The monoisotopic (exact) mass is 1060 g/mol. The van der Waals surface area contributed by atoms with Crippen LogP contribution >= 0.6 is 0 Å². The first-order valence-electron chi connectivity index (χ1n) is 34.8. The third-order valence-corrected chi connectivity index (χ3v) is 16.7. The van der Waals surface area contributed by atoms with Crippen LogP contribution in [0.2, 0.25) is 0 Å². The van der Waals surface area contributed by atoms with Crippen LogP contribution in [0, 0.1) is 0 Å². The molecule has 1 amide bonds. The molecule has 448 valence electrons. The lowest BCUT2D eigenvalue weighted by Gasteiger charge is -2.22. The summed E-state index contributed by atoms with van der Waals surface area (Å²) in [5.74, 6) is -0.0150. The fraction of sp³-hybridized carbons (Fsp3) is 0.971. The highest BCUT2D eigenvalue weighted by molar-refractivity contribution is 5.76. The zero-order valence-electron chi connectivity index (χ0n) is 51.3. The average Bonchev–Trinajstić information content (AvgIpc) is 3.41. The van der Waals surface area contributed by atoms with Crippen molar-refractivity contribution in [2.45, 2.75) is 418 Å². The number of carbonyl (C=O) groups excluding carboxylic acids is 2. The average molecular weight is 1060 g/mol. The van der Waals surface area contributed by atoms with Crippen LogP contribution in [0.15, 0.2) is 0 Å². The first kappa shape index (κ1) is 73.9. The minimum atomic E-state index is -0.665. The van der Waals surface area contributed by atoms with Gasteiger partial charge >= 0.3 is 5.97 Å². The Morgan fingerprint density at radius 2 is 0.547 bits per heavy atom. The van der Waals surface area contributed by atoms with Crippen LogP contribution in [-0.2, 0) is 14.3 Å². The molecule has 3 N–H and O–H groups in total. The van der Waals surface area contributed by atoms with E-state index in [0.717, 1.165) is 38.5 Å². The number of hydrogen-bond acceptors (Lipinski definition) is 5. The van der Waals surface area contributed by atoms with E-state index < -0.39 is 12.1 Å². The van der Waals surface area contributed by atoms with Gasteiger partial charge in [0.2, 0.25) is 5.91 Å². The second-order valence-corrected chi connectivity index (χ2v) is 24.2. The smallest absolute Gasteiger partial charge is 0.305 e. The van der Waals surface area contributed by atoms with Gasteiger partial charge in [-0.25, -0.2) is 0 Å². The first-order valence-corrected chi connectivity index (χ1v) is 34.8. The maximum Gasteiger partial charge on any atom is 0.305 e. The normalized spacial score (nSPS) is 12.4. The molecule has 0 aliphatic rings. The van der Waals surface area contributed by atoms with Crippen molar-refractivity contribution in [1.82, 2.24) is 5.32 Å². The molecule has 6 nitrogen and oxygen atoms in total. The Morgan fingerprint density at radius 3 is 0.813 bits per heavy atom. The zero-order valence-corrected chi connectivity index (χ0v) is 51.3. The van der Waals surface area contributed by atoms with Crippen molar-refractivity contribution in [3.63, 3.8) is 0 Å². The number of nitrogens with one attached hydrogen (secondary N) is 1. The van der Waals surface area contributed by atoms with Gasteiger partial charge < -0.3 is 20.3 Å². The van der Waals surface area contributed by atoms with Crippen LogP contribution in [0.3, 0.4) is 0 Å². The van der Waals surface area contributed by atoms with Crippen molar-refractivity contribution in [1.29, 1.82) is 0 Å². The molecule has 0 aliphatic heterocycles. The van der Waals surface area contributed by atoms with Gasteiger partial charge in [0.1, 0.15) is 0 Å². The fourth-order valence-corrected chi connectivity index (χ4v) is 11.4. The predicted octanol–water partition coefficient (Wildman–Crippen LogP) is 22.2. The van der Waals surface area contributed by atoms with Crippen LogP contribution in [0.25, 0.3) is 0 Å². The van der Waals surface area contributed by atoms with E-state index in [9.17, 15) is 19.8 Å². The van der Waals surface area contributed by atoms with E-state index in [-0.39, 0.29) is 18.5 Å². The molecule has 0 fully saturated rings. The van der Waals surface area contributed by atoms with E-state index >= 15 is 0 Å². The molecule has 6 heteroatoms. The molecule has 2 unspecified atom stereocenters. The second kappa shape index (κ2) is 65.4.